The maximum absolute atomic E-state index is 11.3. The van der Waals surface area contributed by atoms with Gasteiger partial charge in [-0.2, -0.15) is 0 Å². The first-order chi connectivity index (χ1) is 9.25. The van der Waals surface area contributed by atoms with Crippen LogP contribution < -0.4 is 0 Å². The van der Waals surface area contributed by atoms with Crippen LogP contribution in [0.3, 0.4) is 0 Å². The van der Waals surface area contributed by atoms with Gasteiger partial charge in [0.1, 0.15) is 0 Å². The first-order valence-corrected chi connectivity index (χ1v) is 7.27. The molecule has 19 heavy (non-hydrogen) atoms. The van der Waals surface area contributed by atoms with Crippen molar-refractivity contribution in [2.24, 2.45) is 0 Å². The molecule has 0 fully saturated rings. The molecule has 0 atom stereocenters. The van der Waals surface area contributed by atoms with Gasteiger partial charge in [-0.05, 0) is 33.2 Å². The fourth-order valence-electron chi connectivity index (χ4n) is 2.44. The van der Waals surface area contributed by atoms with Crippen LogP contribution >= 0.6 is 11.8 Å². The Morgan fingerprint density at radius 3 is 2.00 bits per heavy atom. The maximum atomic E-state index is 11.3. The number of hydrogen-bond donors (Lipinski definition) is 0. The number of hydrogen-bond acceptors (Lipinski definition) is 2. The average Bonchev–Trinajstić information content (AvgIpc) is 2.43. The lowest BCUT2D eigenvalue weighted by atomic mass is 9.98. The zero-order valence-corrected chi connectivity index (χ0v) is 11.5. The van der Waals surface area contributed by atoms with E-state index in [0.29, 0.717) is 0 Å². The molecule has 0 aliphatic heterocycles. The lowest BCUT2D eigenvalue weighted by Gasteiger charge is -2.10. The van der Waals surface area contributed by atoms with Crippen LogP contribution in [0.5, 0.6) is 0 Å². The fraction of sp³-hybridized carbons (Fsp3) is 0.118. The Balaban J connectivity index is 2.29. The molecular weight excluding hydrogens is 252 g/mol. The summed E-state index contributed by atoms with van der Waals surface area (Å²) in [6.45, 7) is 1.62. The summed E-state index contributed by atoms with van der Waals surface area (Å²) in [5, 5.41) is 5.13. The fourth-order valence-corrected chi connectivity index (χ4v) is 3.10. The van der Waals surface area contributed by atoms with Crippen molar-refractivity contribution < 1.29 is 4.79 Å². The number of benzene rings is 3. The summed E-state index contributed by atoms with van der Waals surface area (Å²) in [5.74, 6) is 0.733. The summed E-state index contributed by atoms with van der Waals surface area (Å²) < 4.78 is 0. The minimum absolute atomic E-state index is 0.164. The Morgan fingerprint density at radius 2 is 1.47 bits per heavy atom. The average molecular weight is 266 g/mol. The molecule has 0 amide bonds. The second-order valence-corrected chi connectivity index (χ2v) is 5.73. The lowest BCUT2D eigenvalue weighted by molar-refractivity contribution is -0.109. The zero-order valence-electron chi connectivity index (χ0n) is 10.7. The molecule has 2 heteroatoms. The van der Waals surface area contributed by atoms with Crippen LogP contribution in [0, 0.1) is 0 Å². The monoisotopic (exact) mass is 266 g/mol. The predicted molar refractivity (Wildman–Crippen MR) is 83.4 cm³/mol. The second kappa shape index (κ2) is 5.06. The zero-order chi connectivity index (χ0) is 13.2. The van der Waals surface area contributed by atoms with Crippen LogP contribution in [-0.4, -0.2) is 5.12 Å². The first-order valence-electron chi connectivity index (χ1n) is 6.28. The second-order valence-electron chi connectivity index (χ2n) is 4.58. The van der Waals surface area contributed by atoms with E-state index < -0.39 is 0 Å². The van der Waals surface area contributed by atoms with Crippen molar-refractivity contribution in [1.29, 1.82) is 0 Å². The number of thioether (sulfide) groups is 1. The van der Waals surface area contributed by atoms with Gasteiger partial charge in [0.2, 0.25) is 0 Å². The molecule has 0 unspecified atom stereocenters. The Hall–Kier alpha value is -1.80. The van der Waals surface area contributed by atoms with Gasteiger partial charge in [-0.3, -0.25) is 4.79 Å². The van der Waals surface area contributed by atoms with Crippen molar-refractivity contribution in [3.8, 4) is 0 Å². The predicted octanol–water partition coefficient (Wildman–Crippen LogP) is 4.77. The van der Waals surface area contributed by atoms with Crippen molar-refractivity contribution in [3.05, 3.63) is 60.2 Å². The van der Waals surface area contributed by atoms with Gasteiger partial charge in [-0.1, -0.05) is 60.3 Å². The van der Waals surface area contributed by atoms with Crippen molar-refractivity contribution in [3.63, 3.8) is 0 Å². The highest BCUT2D eigenvalue weighted by molar-refractivity contribution is 8.12. The molecule has 0 heterocycles. The van der Waals surface area contributed by atoms with Crippen molar-refractivity contribution in [2.75, 3.05) is 0 Å². The van der Waals surface area contributed by atoms with Crippen molar-refractivity contribution >= 4 is 38.4 Å². The van der Waals surface area contributed by atoms with Gasteiger partial charge in [0.25, 0.3) is 0 Å². The van der Waals surface area contributed by atoms with Gasteiger partial charge in [0.05, 0.1) is 0 Å². The summed E-state index contributed by atoms with van der Waals surface area (Å²) in [7, 11) is 0. The summed E-state index contributed by atoms with van der Waals surface area (Å²) >= 11 is 1.38. The van der Waals surface area contributed by atoms with Crippen LogP contribution in [-0.2, 0) is 10.5 Å². The Kier molecular flexibility index (Phi) is 3.26. The van der Waals surface area contributed by atoms with E-state index in [9.17, 15) is 4.79 Å². The third-order valence-corrected chi connectivity index (χ3v) is 4.14. The molecule has 3 aromatic rings. The maximum Gasteiger partial charge on any atom is 0.186 e. The molecule has 0 saturated heterocycles. The summed E-state index contributed by atoms with van der Waals surface area (Å²) in [4.78, 5) is 11.3. The molecule has 0 bridgehead atoms. The van der Waals surface area contributed by atoms with Gasteiger partial charge in [0, 0.05) is 12.7 Å². The van der Waals surface area contributed by atoms with E-state index in [1.54, 1.807) is 6.92 Å². The topological polar surface area (TPSA) is 17.1 Å². The molecule has 3 rings (SSSR count). The van der Waals surface area contributed by atoms with Gasteiger partial charge >= 0.3 is 0 Å². The highest BCUT2D eigenvalue weighted by Crippen LogP contribution is 2.31. The molecule has 0 radical (unpaired) electrons. The number of carbonyl (C=O) groups is 1. The van der Waals surface area contributed by atoms with E-state index in [4.69, 9.17) is 0 Å². The summed E-state index contributed by atoms with van der Waals surface area (Å²) in [6, 6.07) is 19.0. The Labute approximate surface area is 116 Å². The van der Waals surface area contributed by atoms with Gasteiger partial charge in [0.15, 0.2) is 5.12 Å². The third-order valence-electron chi connectivity index (χ3n) is 3.30. The highest BCUT2D eigenvalue weighted by atomic mass is 32.2. The van der Waals surface area contributed by atoms with Gasteiger partial charge in [-0.25, -0.2) is 0 Å². The third kappa shape index (κ3) is 2.36. The van der Waals surface area contributed by atoms with Gasteiger partial charge < -0.3 is 0 Å². The summed E-state index contributed by atoms with van der Waals surface area (Å²) in [5.41, 5.74) is 1.26. The normalized spacial score (nSPS) is 11.0. The smallest absolute Gasteiger partial charge is 0.186 e. The number of carbonyl (C=O) groups excluding carboxylic acids is 1. The van der Waals surface area contributed by atoms with Crippen LogP contribution in [0.2, 0.25) is 0 Å². The Morgan fingerprint density at radius 1 is 0.947 bits per heavy atom. The summed E-state index contributed by atoms with van der Waals surface area (Å²) in [6.07, 6.45) is 0. The Bertz CT molecular complexity index is 707. The van der Waals surface area contributed by atoms with E-state index in [1.807, 2.05) is 0 Å². The van der Waals surface area contributed by atoms with E-state index in [0.717, 1.165) is 5.75 Å². The molecule has 0 N–H and O–H groups in total. The standard InChI is InChI=1S/C17H14OS/c1-12(18)19-11-17-15-8-4-2-6-13(15)10-14-7-3-5-9-16(14)17/h2-10H,11H2,1H3. The van der Waals surface area contributed by atoms with Crippen molar-refractivity contribution in [1.82, 2.24) is 0 Å². The highest BCUT2D eigenvalue weighted by Gasteiger charge is 2.08. The van der Waals surface area contributed by atoms with Crippen molar-refractivity contribution in [2.45, 2.75) is 12.7 Å². The van der Waals surface area contributed by atoms with Crippen LogP contribution in [0.15, 0.2) is 54.6 Å². The van der Waals surface area contributed by atoms with Crippen LogP contribution in [0.1, 0.15) is 12.5 Å². The lowest BCUT2D eigenvalue weighted by Crippen LogP contribution is -1.90. The molecule has 1 nitrogen and oxygen atoms in total. The molecule has 0 aliphatic rings. The van der Waals surface area contributed by atoms with E-state index in [1.165, 1.54) is 38.9 Å². The largest absolute Gasteiger partial charge is 0.288 e. The minimum Gasteiger partial charge on any atom is -0.288 e. The molecule has 3 aromatic carbocycles. The van der Waals surface area contributed by atoms with E-state index >= 15 is 0 Å². The number of fused-ring (bicyclic) bond motifs is 2. The molecule has 0 aromatic heterocycles. The van der Waals surface area contributed by atoms with E-state index in [2.05, 4.69) is 54.6 Å². The quantitative estimate of drug-likeness (QED) is 0.621. The molecule has 0 aliphatic carbocycles. The minimum atomic E-state index is 0.164. The SMILES string of the molecule is CC(=O)SCc1c2ccccc2cc2ccccc12. The molecule has 0 saturated carbocycles. The van der Waals surface area contributed by atoms with Crippen LogP contribution in [0.25, 0.3) is 21.5 Å². The van der Waals surface area contributed by atoms with Crippen LogP contribution in [0.4, 0.5) is 0 Å². The molecular formula is C17H14OS. The number of rotatable bonds is 2. The van der Waals surface area contributed by atoms with E-state index in [-0.39, 0.29) is 5.12 Å². The van der Waals surface area contributed by atoms with Gasteiger partial charge in [-0.15, -0.1) is 0 Å². The molecule has 94 valence electrons. The first kappa shape index (κ1) is 12.2. The molecule has 0 spiro atoms.